The first-order valence-electron chi connectivity index (χ1n) is 8.53. The van der Waals surface area contributed by atoms with Gasteiger partial charge in [0, 0.05) is 18.6 Å². The van der Waals surface area contributed by atoms with Gasteiger partial charge in [0.25, 0.3) is 5.56 Å². The Labute approximate surface area is 167 Å². The summed E-state index contributed by atoms with van der Waals surface area (Å²) in [6.07, 6.45) is 0.917. The van der Waals surface area contributed by atoms with Crippen LogP contribution in [-0.4, -0.2) is 37.5 Å². The van der Waals surface area contributed by atoms with Crippen molar-refractivity contribution in [1.82, 2.24) is 19.3 Å². The van der Waals surface area contributed by atoms with Gasteiger partial charge in [-0.05, 0) is 18.2 Å². The summed E-state index contributed by atoms with van der Waals surface area (Å²) in [6, 6.07) is 2.82. The van der Waals surface area contributed by atoms with Gasteiger partial charge in [-0.15, -0.1) is 0 Å². The van der Waals surface area contributed by atoms with Gasteiger partial charge in [-0.2, -0.15) is 18.3 Å². The summed E-state index contributed by atoms with van der Waals surface area (Å²) < 4.78 is 46.3. The molecular weight excluding hydrogens is 407 g/mol. The highest BCUT2D eigenvalue weighted by molar-refractivity contribution is 5.66. The number of rotatable bonds is 7. The Morgan fingerprint density at radius 3 is 2.77 bits per heavy atom. The highest BCUT2D eigenvalue weighted by Gasteiger charge is 2.31. The first-order valence-corrected chi connectivity index (χ1v) is 8.53. The molecule has 30 heavy (non-hydrogen) atoms. The van der Waals surface area contributed by atoms with Gasteiger partial charge in [-0.25, -0.2) is 4.98 Å². The zero-order chi connectivity index (χ0) is 21.9. The summed E-state index contributed by atoms with van der Waals surface area (Å²) in [6.45, 7) is 0.128. The fraction of sp³-hybridized carbons (Fsp3) is 0.222. The van der Waals surface area contributed by atoms with Crippen LogP contribution in [0.2, 0.25) is 0 Å². The summed E-state index contributed by atoms with van der Waals surface area (Å²) in [5.41, 5.74) is -0.977. The number of hydrogen-bond acceptors (Lipinski definition) is 6. The molecule has 0 radical (unpaired) electrons. The third-order valence-corrected chi connectivity index (χ3v) is 4.08. The van der Waals surface area contributed by atoms with Crippen LogP contribution in [0.25, 0.3) is 5.69 Å². The average Bonchev–Trinajstić information content (AvgIpc) is 3.16. The van der Waals surface area contributed by atoms with Crippen LogP contribution >= 0.6 is 0 Å². The van der Waals surface area contributed by atoms with E-state index in [1.54, 1.807) is 0 Å². The van der Waals surface area contributed by atoms with Gasteiger partial charge in [-0.3, -0.25) is 18.8 Å². The third kappa shape index (κ3) is 4.59. The second-order valence-electron chi connectivity index (χ2n) is 6.09. The summed E-state index contributed by atoms with van der Waals surface area (Å²) in [4.78, 5) is 27.4. The van der Waals surface area contributed by atoms with Gasteiger partial charge in [0.1, 0.15) is 5.75 Å². The summed E-state index contributed by atoms with van der Waals surface area (Å²) in [5, 5.41) is 15.4. The number of halogens is 3. The molecule has 0 aliphatic carbocycles. The van der Waals surface area contributed by atoms with E-state index in [1.807, 2.05) is 0 Å². The van der Waals surface area contributed by atoms with E-state index in [0.29, 0.717) is 5.69 Å². The molecule has 2 aromatic heterocycles. The molecule has 2 N–H and O–H groups in total. The molecule has 0 bridgehead atoms. The standard InChI is InChI=1S/C18H16F3N5O4/c1-30-14-8-11(18(19,20)21)2-3-13(14)24-16-17(29)26(7-5-22-16)12-9-23-25(10-12)6-4-15(27)28/h2-3,5,7-10H,4,6H2,1H3,(H,22,24)(H,27,28). The second-order valence-corrected chi connectivity index (χ2v) is 6.09. The van der Waals surface area contributed by atoms with Crippen LogP contribution in [0.5, 0.6) is 5.75 Å². The Bertz CT molecular complexity index is 1120. The van der Waals surface area contributed by atoms with E-state index in [1.165, 1.54) is 41.1 Å². The number of methoxy groups -OCH3 is 1. The minimum absolute atomic E-state index is 0.108. The molecule has 3 rings (SSSR count). The topological polar surface area (TPSA) is 111 Å². The lowest BCUT2D eigenvalue weighted by Crippen LogP contribution is -2.21. The number of aliphatic carboxylic acids is 1. The Morgan fingerprint density at radius 1 is 1.33 bits per heavy atom. The molecule has 9 nitrogen and oxygen atoms in total. The first kappa shape index (κ1) is 20.9. The molecule has 2 heterocycles. The lowest BCUT2D eigenvalue weighted by molar-refractivity contribution is -0.138. The quantitative estimate of drug-likeness (QED) is 0.601. The van der Waals surface area contributed by atoms with Gasteiger partial charge in [0.05, 0.1) is 43.2 Å². The van der Waals surface area contributed by atoms with Crippen molar-refractivity contribution >= 4 is 17.5 Å². The number of nitrogens with one attached hydrogen (secondary N) is 1. The van der Waals surface area contributed by atoms with Gasteiger partial charge >= 0.3 is 12.1 Å². The average molecular weight is 423 g/mol. The van der Waals surface area contributed by atoms with E-state index in [2.05, 4.69) is 15.4 Å². The van der Waals surface area contributed by atoms with E-state index < -0.39 is 23.3 Å². The molecule has 0 saturated carbocycles. The van der Waals surface area contributed by atoms with Crippen molar-refractivity contribution in [3.63, 3.8) is 0 Å². The zero-order valence-corrected chi connectivity index (χ0v) is 15.6. The van der Waals surface area contributed by atoms with E-state index in [9.17, 15) is 22.8 Å². The van der Waals surface area contributed by atoms with Crippen LogP contribution in [0.3, 0.4) is 0 Å². The maximum absolute atomic E-state index is 12.9. The highest BCUT2D eigenvalue weighted by atomic mass is 19.4. The number of nitrogens with zero attached hydrogens (tertiary/aromatic N) is 4. The van der Waals surface area contributed by atoms with Crippen molar-refractivity contribution in [1.29, 1.82) is 0 Å². The maximum Gasteiger partial charge on any atom is 0.416 e. The first-order chi connectivity index (χ1) is 14.2. The molecule has 0 aliphatic rings. The Balaban J connectivity index is 1.89. The predicted octanol–water partition coefficient (Wildman–Crippen LogP) is 2.67. The number of aryl methyl sites for hydroxylation is 1. The predicted molar refractivity (Wildman–Crippen MR) is 99.2 cm³/mol. The number of benzene rings is 1. The van der Waals surface area contributed by atoms with Crippen LogP contribution in [0.1, 0.15) is 12.0 Å². The molecule has 0 unspecified atom stereocenters. The molecule has 0 fully saturated rings. The largest absolute Gasteiger partial charge is 0.495 e. The number of anilines is 2. The zero-order valence-electron chi connectivity index (χ0n) is 15.6. The molecule has 12 heteroatoms. The fourth-order valence-corrected chi connectivity index (χ4v) is 2.61. The van der Waals surface area contributed by atoms with Crippen LogP contribution in [0.4, 0.5) is 24.7 Å². The number of hydrogen-bond donors (Lipinski definition) is 2. The number of alkyl halides is 3. The Kier molecular flexibility index (Phi) is 5.76. The number of ether oxygens (including phenoxy) is 1. The van der Waals surface area contributed by atoms with Gasteiger partial charge in [-0.1, -0.05) is 0 Å². The normalized spacial score (nSPS) is 11.3. The Hall–Kier alpha value is -3.83. The molecule has 0 aliphatic heterocycles. The minimum Gasteiger partial charge on any atom is -0.495 e. The highest BCUT2D eigenvalue weighted by Crippen LogP contribution is 2.35. The minimum atomic E-state index is -4.54. The molecule has 3 aromatic rings. The smallest absolute Gasteiger partial charge is 0.416 e. The van der Waals surface area contributed by atoms with Crippen molar-refractivity contribution in [3.8, 4) is 11.4 Å². The van der Waals surface area contributed by atoms with Crippen molar-refractivity contribution < 1.29 is 27.8 Å². The van der Waals surface area contributed by atoms with Crippen LogP contribution in [0, 0.1) is 0 Å². The van der Waals surface area contributed by atoms with Crippen LogP contribution in [-0.2, 0) is 17.5 Å². The van der Waals surface area contributed by atoms with Crippen molar-refractivity contribution in [2.24, 2.45) is 0 Å². The van der Waals surface area contributed by atoms with Crippen LogP contribution < -0.4 is 15.6 Å². The van der Waals surface area contributed by atoms with Crippen molar-refractivity contribution in [2.75, 3.05) is 12.4 Å². The van der Waals surface area contributed by atoms with E-state index in [0.717, 1.165) is 18.2 Å². The molecule has 0 spiro atoms. The molecule has 0 atom stereocenters. The lowest BCUT2D eigenvalue weighted by atomic mass is 10.2. The maximum atomic E-state index is 12.9. The third-order valence-electron chi connectivity index (χ3n) is 4.08. The summed E-state index contributed by atoms with van der Waals surface area (Å²) >= 11 is 0. The lowest BCUT2D eigenvalue weighted by Gasteiger charge is -2.14. The van der Waals surface area contributed by atoms with Gasteiger partial charge in [0.15, 0.2) is 5.82 Å². The number of carbonyl (C=O) groups is 1. The molecule has 1 aromatic carbocycles. The van der Waals surface area contributed by atoms with E-state index in [4.69, 9.17) is 9.84 Å². The molecule has 158 valence electrons. The van der Waals surface area contributed by atoms with Crippen molar-refractivity contribution in [3.05, 3.63) is 58.9 Å². The molecular formula is C18H16F3N5O4. The molecule has 0 amide bonds. The van der Waals surface area contributed by atoms with Gasteiger partial charge in [0.2, 0.25) is 0 Å². The number of aromatic nitrogens is 4. The molecule has 0 saturated heterocycles. The van der Waals surface area contributed by atoms with Crippen molar-refractivity contribution in [2.45, 2.75) is 19.1 Å². The van der Waals surface area contributed by atoms with E-state index in [-0.39, 0.29) is 30.2 Å². The van der Waals surface area contributed by atoms with Crippen LogP contribution in [0.15, 0.2) is 47.8 Å². The second kappa shape index (κ2) is 8.27. The number of carboxylic acids is 1. The van der Waals surface area contributed by atoms with Gasteiger partial charge < -0.3 is 15.2 Å². The Morgan fingerprint density at radius 2 is 2.10 bits per heavy atom. The summed E-state index contributed by atoms with van der Waals surface area (Å²) in [5.74, 6) is -1.23. The summed E-state index contributed by atoms with van der Waals surface area (Å²) in [7, 11) is 1.21. The monoisotopic (exact) mass is 423 g/mol. The fourth-order valence-electron chi connectivity index (χ4n) is 2.61. The van der Waals surface area contributed by atoms with E-state index >= 15 is 0 Å². The SMILES string of the molecule is COc1cc(C(F)(F)F)ccc1Nc1nccn(-c2cnn(CCC(=O)O)c2)c1=O. The number of carboxylic acid groups (broad SMARTS) is 1.